The summed E-state index contributed by atoms with van der Waals surface area (Å²) in [6, 6.07) is 0. The van der Waals surface area contributed by atoms with E-state index in [0.717, 1.165) is 6.42 Å². The lowest BCUT2D eigenvalue weighted by Gasteiger charge is -2.28. The molecule has 2 heterocycles. The summed E-state index contributed by atoms with van der Waals surface area (Å²) < 4.78 is 23.6. The number of hydrogen-bond donors (Lipinski definition) is 1. The molecule has 0 unspecified atom stereocenters. The van der Waals surface area contributed by atoms with Gasteiger partial charge < -0.3 is 24.1 Å². The van der Waals surface area contributed by atoms with E-state index >= 15 is 0 Å². The van der Waals surface area contributed by atoms with Crippen molar-refractivity contribution in [3.05, 3.63) is 0 Å². The normalized spacial score (nSPS) is 32.9. The highest BCUT2D eigenvalue weighted by atomic mass is 16.9. The quantitative estimate of drug-likeness (QED) is 0.481. The van der Waals surface area contributed by atoms with Gasteiger partial charge in [-0.2, -0.15) is 0 Å². The molecule has 0 radical (unpaired) electrons. The molecule has 4 atom stereocenters. The standard InChI is InChI=1S/C21H40O5/c1-5-6-7-8-9-10-11-12-13-14-15-23-16-21-19(18(22)17(2)24-21)25-20(3,4)26-21/h17-19,22H,5-16H2,1-4H3/t17-,18+,19-,21-/m0/s1. The van der Waals surface area contributed by atoms with Crippen molar-refractivity contribution in [3.8, 4) is 0 Å². The minimum absolute atomic E-state index is 0.305. The molecular formula is C21H40O5. The highest BCUT2D eigenvalue weighted by molar-refractivity contribution is 5.01. The molecule has 0 spiro atoms. The maximum atomic E-state index is 10.3. The van der Waals surface area contributed by atoms with Crippen molar-refractivity contribution >= 4 is 0 Å². The fourth-order valence-corrected chi connectivity index (χ4v) is 4.00. The lowest BCUT2D eigenvalue weighted by atomic mass is 10.1. The van der Waals surface area contributed by atoms with E-state index in [-0.39, 0.29) is 6.10 Å². The van der Waals surface area contributed by atoms with E-state index in [9.17, 15) is 5.11 Å². The molecule has 1 N–H and O–H groups in total. The Kier molecular flexibility index (Phi) is 8.81. The number of aliphatic hydroxyl groups is 1. The van der Waals surface area contributed by atoms with Crippen LogP contribution in [0.25, 0.3) is 0 Å². The van der Waals surface area contributed by atoms with Crippen LogP contribution in [0.2, 0.25) is 0 Å². The molecule has 2 rings (SSSR count). The summed E-state index contributed by atoms with van der Waals surface area (Å²) in [4.78, 5) is 0. The van der Waals surface area contributed by atoms with Gasteiger partial charge in [0.15, 0.2) is 5.79 Å². The van der Waals surface area contributed by atoms with E-state index in [1.54, 1.807) is 0 Å². The average Bonchev–Trinajstić information content (AvgIpc) is 2.96. The van der Waals surface area contributed by atoms with Gasteiger partial charge in [-0.1, -0.05) is 64.7 Å². The van der Waals surface area contributed by atoms with Crippen LogP contribution in [0.15, 0.2) is 0 Å². The van der Waals surface area contributed by atoms with Gasteiger partial charge in [-0.05, 0) is 27.2 Å². The third kappa shape index (κ3) is 6.16. The Hall–Kier alpha value is -0.200. The Bertz CT molecular complexity index is 400. The van der Waals surface area contributed by atoms with Gasteiger partial charge in [-0.15, -0.1) is 0 Å². The van der Waals surface area contributed by atoms with Gasteiger partial charge in [0, 0.05) is 6.61 Å². The smallest absolute Gasteiger partial charge is 0.224 e. The second kappa shape index (κ2) is 10.4. The molecule has 0 aromatic carbocycles. The van der Waals surface area contributed by atoms with Crippen molar-refractivity contribution in [3.63, 3.8) is 0 Å². The summed E-state index contributed by atoms with van der Waals surface area (Å²) in [6.45, 7) is 8.79. The highest BCUT2D eigenvalue weighted by Gasteiger charge is 2.63. The third-order valence-electron chi connectivity index (χ3n) is 5.38. The molecule has 0 aromatic rings. The minimum atomic E-state index is -0.971. The first kappa shape index (κ1) is 22.1. The fraction of sp³-hybridized carbons (Fsp3) is 1.00. The van der Waals surface area contributed by atoms with E-state index in [1.165, 1.54) is 57.8 Å². The predicted molar refractivity (Wildman–Crippen MR) is 102 cm³/mol. The molecule has 2 aliphatic rings. The van der Waals surface area contributed by atoms with Crippen LogP contribution in [0.5, 0.6) is 0 Å². The number of rotatable bonds is 13. The number of unbranched alkanes of at least 4 members (excludes halogenated alkanes) is 9. The van der Waals surface area contributed by atoms with Crippen LogP contribution in [0.1, 0.15) is 91.9 Å². The molecule has 0 amide bonds. The van der Waals surface area contributed by atoms with Gasteiger partial charge in [0.05, 0.1) is 6.10 Å². The topological polar surface area (TPSA) is 57.2 Å². The Balaban J connectivity index is 1.54. The SMILES string of the molecule is CCCCCCCCCCCCOC[C@@]12O[C@@H](C)[C@@H](O)[C@@H]1OC(C)(C)O2. The molecule has 2 fully saturated rings. The first-order valence-corrected chi connectivity index (χ1v) is 10.7. The largest absolute Gasteiger partial charge is 0.387 e. The van der Waals surface area contributed by atoms with Crippen LogP contribution in [-0.2, 0) is 18.9 Å². The van der Waals surface area contributed by atoms with Gasteiger partial charge in [0.25, 0.3) is 0 Å². The zero-order chi connectivity index (χ0) is 19.0. The lowest BCUT2D eigenvalue weighted by molar-refractivity contribution is -0.276. The summed E-state index contributed by atoms with van der Waals surface area (Å²) in [7, 11) is 0. The van der Waals surface area contributed by atoms with Gasteiger partial charge in [0.2, 0.25) is 5.79 Å². The molecule has 5 nitrogen and oxygen atoms in total. The zero-order valence-electron chi connectivity index (χ0n) is 17.3. The van der Waals surface area contributed by atoms with E-state index in [4.69, 9.17) is 18.9 Å². The average molecular weight is 373 g/mol. The second-order valence-electron chi connectivity index (χ2n) is 8.40. The van der Waals surface area contributed by atoms with Gasteiger partial charge in [0.1, 0.15) is 18.8 Å². The molecular weight excluding hydrogens is 332 g/mol. The molecule has 0 aliphatic carbocycles. The Morgan fingerprint density at radius 1 is 0.885 bits per heavy atom. The Morgan fingerprint density at radius 2 is 1.46 bits per heavy atom. The summed E-state index contributed by atoms with van der Waals surface area (Å²) in [5.41, 5.74) is 0. The predicted octanol–water partition coefficient (Wildman–Crippen LogP) is 4.55. The molecule has 0 saturated carbocycles. The zero-order valence-corrected chi connectivity index (χ0v) is 17.3. The second-order valence-corrected chi connectivity index (χ2v) is 8.40. The van der Waals surface area contributed by atoms with Crippen molar-refractivity contribution in [2.24, 2.45) is 0 Å². The van der Waals surface area contributed by atoms with Crippen molar-refractivity contribution in [2.75, 3.05) is 13.2 Å². The fourth-order valence-electron chi connectivity index (χ4n) is 4.00. The van der Waals surface area contributed by atoms with Gasteiger partial charge in [-0.25, -0.2) is 0 Å². The lowest BCUT2D eigenvalue weighted by Crippen LogP contribution is -2.45. The number of fused-ring (bicyclic) bond motifs is 1. The Labute approximate surface area is 159 Å². The summed E-state index contributed by atoms with van der Waals surface area (Å²) in [5, 5.41) is 10.3. The first-order valence-electron chi connectivity index (χ1n) is 10.7. The monoisotopic (exact) mass is 372 g/mol. The molecule has 26 heavy (non-hydrogen) atoms. The van der Waals surface area contributed by atoms with Gasteiger partial charge >= 0.3 is 0 Å². The van der Waals surface area contributed by atoms with Crippen LogP contribution >= 0.6 is 0 Å². The van der Waals surface area contributed by atoms with Crippen LogP contribution in [0.3, 0.4) is 0 Å². The highest BCUT2D eigenvalue weighted by Crippen LogP contribution is 2.45. The molecule has 154 valence electrons. The van der Waals surface area contributed by atoms with Crippen LogP contribution in [-0.4, -0.2) is 48.2 Å². The van der Waals surface area contributed by atoms with Crippen LogP contribution in [0.4, 0.5) is 0 Å². The maximum Gasteiger partial charge on any atom is 0.224 e. The third-order valence-corrected chi connectivity index (χ3v) is 5.38. The minimum Gasteiger partial charge on any atom is -0.387 e. The van der Waals surface area contributed by atoms with Crippen molar-refractivity contribution in [1.29, 1.82) is 0 Å². The van der Waals surface area contributed by atoms with E-state index in [2.05, 4.69) is 6.92 Å². The van der Waals surface area contributed by atoms with Crippen LogP contribution < -0.4 is 0 Å². The van der Waals surface area contributed by atoms with Crippen molar-refractivity contribution in [1.82, 2.24) is 0 Å². The molecule has 2 aliphatic heterocycles. The molecule has 5 heteroatoms. The summed E-state index contributed by atoms with van der Waals surface area (Å²) >= 11 is 0. The summed E-state index contributed by atoms with van der Waals surface area (Å²) in [6.07, 6.45) is 11.6. The Morgan fingerprint density at radius 3 is 2.08 bits per heavy atom. The summed E-state index contributed by atoms with van der Waals surface area (Å²) in [5.74, 6) is -1.73. The van der Waals surface area contributed by atoms with Gasteiger partial charge in [-0.3, -0.25) is 0 Å². The molecule has 2 saturated heterocycles. The number of hydrogen-bond acceptors (Lipinski definition) is 5. The number of aliphatic hydroxyl groups excluding tert-OH is 1. The first-order chi connectivity index (χ1) is 12.4. The van der Waals surface area contributed by atoms with E-state index in [1.807, 2.05) is 20.8 Å². The van der Waals surface area contributed by atoms with Crippen LogP contribution in [0, 0.1) is 0 Å². The van der Waals surface area contributed by atoms with E-state index in [0.29, 0.717) is 13.2 Å². The maximum absolute atomic E-state index is 10.3. The van der Waals surface area contributed by atoms with E-state index < -0.39 is 23.8 Å². The molecule has 0 aromatic heterocycles. The number of ether oxygens (including phenoxy) is 4. The molecule has 0 bridgehead atoms. The van der Waals surface area contributed by atoms with Crippen molar-refractivity contribution < 1.29 is 24.1 Å². The van der Waals surface area contributed by atoms with Crippen molar-refractivity contribution in [2.45, 2.75) is 122 Å².